The molecular weight excluding hydrogens is 350 g/mol. The Morgan fingerprint density at radius 2 is 2.25 bits per heavy atom. The van der Waals surface area contributed by atoms with Crippen LogP contribution in [0.5, 0.6) is 0 Å². The van der Waals surface area contributed by atoms with Gasteiger partial charge in [-0.2, -0.15) is 11.8 Å². The maximum Gasteiger partial charge on any atom is 0.315 e. The minimum Gasteiger partial charge on any atom is -0.465 e. The summed E-state index contributed by atoms with van der Waals surface area (Å²) in [5.74, 6) is 0.306. The SMILES string of the molecule is CCOC(=O)[C@@H]1CCc2sc(NC(=O)[C@@H]3CSCCC(=O)N3)nc21. The van der Waals surface area contributed by atoms with Crippen LogP contribution in [-0.2, 0) is 25.5 Å². The number of rotatable bonds is 4. The molecule has 0 radical (unpaired) electrons. The van der Waals surface area contributed by atoms with E-state index in [4.69, 9.17) is 4.74 Å². The number of anilines is 1. The van der Waals surface area contributed by atoms with Crippen molar-refractivity contribution >= 4 is 46.0 Å². The van der Waals surface area contributed by atoms with Gasteiger partial charge < -0.3 is 15.4 Å². The molecule has 0 spiro atoms. The molecule has 0 unspecified atom stereocenters. The number of nitrogens with zero attached hydrogens (tertiary/aromatic N) is 1. The quantitative estimate of drug-likeness (QED) is 0.777. The van der Waals surface area contributed by atoms with Crippen molar-refractivity contribution in [1.82, 2.24) is 10.3 Å². The van der Waals surface area contributed by atoms with Gasteiger partial charge in [0.2, 0.25) is 11.8 Å². The molecule has 130 valence electrons. The first-order valence-corrected chi connectivity index (χ1v) is 9.89. The van der Waals surface area contributed by atoms with E-state index >= 15 is 0 Å². The highest BCUT2D eigenvalue weighted by atomic mass is 32.2. The zero-order valence-electron chi connectivity index (χ0n) is 13.3. The Morgan fingerprint density at radius 3 is 3.04 bits per heavy atom. The van der Waals surface area contributed by atoms with E-state index in [0.717, 1.165) is 17.1 Å². The van der Waals surface area contributed by atoms with Gasteiger partial charge in [0.25, 0.3) is 0 Å². The van der Waals surface area contributed by atoms with Crippen LogP contribution in [-0.4, -0.2) is 46.9 Å². The van der Waals surface area contributed by atoms with Crippen LogP contribution in [0.25, 0.3) is 0 Å². The third-order valence-electron chi connectivity index (χ3n) is 3.93. The smallest absolute Gasteiger partial charge is 0.315 e. The highest BCUT2D eigenvalue weighted by Crippen LogP contribution is 2.39. The molecule has 1 aromatic rings. The fraction of sp³-hybridized carbons (Fsp3) is 0.600. The first-order valence-electron chi connectivity index (χ1n) is 7.92. The Bertz CT molecular complexity index is 661. The third kappa shape index (κ3) is 3.72. The number of thiazole rings is 1. The number of esters is 1. The fourth-order valence-electron chi connectivity index (χ4n) is 2.76. The van der Waals surface area contributed by atoms with Crippen LogP contribution in [0.15, 0.2) is 0 Å². The van der Waals surface area contributed by atoms with Crippen molar-refractivity contribution in [3.63, 3.8) is 0 Å². The van der Waals surface area contributed by atoms with Crippen LogP contribution in [0.2, 0.25) is 0 Å². The lowest BCUT2D eigenvalue weighted by Crippen LogP contribution is -2.44. The molecule has 0 bridgehead atoms. The molecule has 1 fully saturated rings. The van der Waals surface area contributed by atoms with E-state index in [9.17, 15) is 14.4 Å². The third-order valence-corrected chi connectivity index (χ3v) is 6.04. The number of aryl methyl sites for hydroxylation is 1. The number of nitrogens with one attached hydrogen (secondary N) is 2. The Kier molecular flexibility index (Phi) is 5.40. The van der Waals surface area contributed by atoms with E-state index in [2.05, 4.69) is 15.6 Å². The highest BCUT2D eigenvalue weighted by molar-refractivity contribution is 7.99. The van der Waals surface area contributed by atoms with Crippen molar-refractivity contribution in [2.75, 3.05) is 23.4 Å². The van der Waals surface area contributed by atoms with Crippen molar-refractivity contribution in [2.45, 2.75) is 38.1 Å². The van der Waals surface area contributed by atoms with Crippen molar-refractivity contribution in [3.8, 4) is 0 Å². The number of aromatic nitrogens is 1. The van der Waals surface area contributed by atoms with E-state index in [-0.39, 0.29) is 23.7 Å². The molecule has 2 N–H and O–H groups in total. The molecule has 1 saturated heterocycles. The summed E-state index contributed by atoms with van der Waals surface area (Å²) in [7, 11) is 0. The van der Waals surface area contributed by atoms with Crippen molar-refractivity contribution in [2.24, 2.45) is 0 Å². The number of hydrogen-bond acceptors (Lipinski definition) is 7. The van der Waals surface area contributed by atoms with E-state index < -0.39 is 6.04 Å². The summed E-state index contributed by atoms with van der Waals surface area (Å²) in [5.41, 5.74) is 0.716. The van der Waals surface area contributed by atoms with E-state index in [1.54, 1.807) is 18.7 Å². The molecule has 7 nitrogen and oxygen atoms in total. The molecule has 1 aliphatic heterocycles. The standard InChI is InChI=1S/C15H19N3O4S2/c1-2-22-14(21)8-3-4-10-12(8)17-15(24-10)18-13(20)9-7-23-6-5-11(19)16-9/h8-9H,2-7H2,1H3,(H,16,19)(H,17,18,20)/t8-,9+/m1/s1. The molecule has 2 heterocycles. The predicted octanol–water partition coefficient (Wildman–Crippen LogP) is 1.30. The molecule has 1 aromatic heterocycles. The molecule has 0 aromatic carbocycles. The zero-order valence-corrected chi connectivity index (χ0v) is 14.9. The number of carbonyl (C=O) groups is 3. The van der Waals surface area contributed by atoms with Crippen LogP contribution >= 0.6 is 23.1 Å². The maximum atomic E-state index is 12.3. The summed E-state index contributed by atoms with van der Waals surface area (Å²) in [4.78, 5) is 41.3. The van der Waals surface area contributed by atoms with Gasteiger partial charge in [0.1, 0.15) is 12.0 Å². The first-order chi connectivity index (χ1) is 11.6. The number of carbonyl (C=O) groups excluding carboxylic acids is 3. The largest absolute Gasteiger partial charge is 0.465 e. The molecule has 3 rings (SSSR count). The monoisotopic (exact) mass is 369 g/mol. The van der Waals surface area contributed by atoms with Crippen molar-refractivity contribution in [1.29, 1.82) is 0 Å². The van der Waals surface area contributed by atoms with Gasteiger partial charge in [-0.05, 0) is 19.8 Å². The van der Waals surface area contributed by atoms with Crippen LogP contribution < -0.4 is 10.6 Å². The second kappa shape index (κ2) is 7.52. The second-order valence-corrected chi connectivity index (χ2v) is 7.84. The van der Waals surface area contributed by atoms with E-state index in [1.165, 1.54) is 11.3 Å². The second-order valence-electron chi connectivity index (χ2n) is 5.61. The highest BCUT2D eigenvalue weighted by Gasteiger charge is 2.34. The Labute approximate surface area is 147 Å². The van der Waals surface area contributed by atoms with Crippen molar-refractivity contribution in [3.05, 3.63) is 10.6 Å². The summed E-state index contributed by atoms with van der Waals surface area (Å²) < 4.78 is 5.08. The number of hydrogen-bond donors (Lipinski definition) is 2. The van der Waals surface area contributed by atoms with Crippen LogP contribution in [0, 0.1) is 0 Å². The van der Waals surface area contributed by atoms with Crippen molar-refractivity contribution < 1.29 is 19.1 Å². The summed E-state index contributed by atoms with van der Waals surface area (Å²) in [5, 5.41) is 5.97. The maximum absolute atomic E-state index is 12.3. The van der Waals surface area contributed by atoms with Gasteiger partial charge in [0.05, 0.1) is 12.3 Å². The zero-order chi connectivity index (χ0) is 17.1. The minimum absolute atomic E-state index is 0.107. The Hall–Kier alpha value is -1.61. The first kappa shape index (κ1) is 17.2. The lowest BCUT2D eigenvalue weighted by molar-refractivity contribution is -0.145. The average molecular weight is 369 g/mol. The van der Waals surface area contributed by atoms with Gasteiger partial charge in [-0.15, -0.1) is 11.3 Å². The van der Waals surface area contributed by atoms with Gasteiger partial charge in [0.15, 0.2) is 5.13 Å². The molecule has 2 aliphatic rings. The average Bonchev–Trinajstić information content (AvgIpc) is 3.02. The summed E-state index contributed by atoms with van der Waals surface area (Å²) in [6.07, 6.45) is 1.90. The summed E-state index contributed by atoms with van der Waals surface area (Å²) in [6.45, 7) is 2.12. The summed E-state index contributed by atoms with van der Waals surface area (Å²) in [6, 6.07) is -0.551. The van der Waals surface area contributed by atoms with Gasteiger partial charge in [-0.25, -0.2) is 4.98 Å². The van der Waals surface area contributed by atoms with Gasteiger partial charge >= 0.3 is 5.97 Å². The van der Waals surface area contributed by atoms with Gasteiger partial charge in [0, 0.05) is 22.8 Å². The molecule has 2 atom stereocenters. The molecular formula is C15H19N3O4S2. The number of ether oxygens (including phenoxy) is 1. The number of fused-ring (bicyclic) bond motifs is 1. The number of thioether (sulfide) groups is 1. The van der Waals surface area contributed by atoms with Crippen LogP contribution in [0.3, 0.4) is 0 Å². The van der Waals surface area contributed by atoms with E-state index in [0.29, 0.717) is 36.0 Å². The Morgan fingerprint density at radius 1 is 1.42 bits per heavy atom. The molecule has 24 heavy (non-hydrogen) atoms. The van der Waals surface area contributed by atoms with Gasteiger partial charge in [-0.3, -0.25) is 14.4 Å². The normalized spacial score (nSPS) is 23.1. The Balaban J connectivity index is 1.66. The molecule has 1 aliphatic carbocycles. The fourth-order valence-corrected chi connectivity index (χ4v) is 4.77. The number of amides is 2. The molecule has 2 amide bonds. The predicted molar refractivity (Wildman–Crippen MR) is 92.3 cm³/mol. The summed E-state index contributed by atoms with van der Waals surface area (Å²) >= 11 is 2.97. The molecule has 9 heteroatoms. The lowest BCUT2D eigenvalue weighted by atomic mass is 10.1. The van der Waals surface area contributed by atoms with Crippen LogP contribution in [0.4, 0.5) is 5.13 Å². The molecule has 0 saturated carbocycles. The van der Waals surface area contributed by atoms with Crippen LogP contribution in [0.1, 0.15) is 36.3 Å². The minimum atomic E-state index is -0.551. The lowest BCUT2D eigenvalue weighted by Gasteiger charge is -2.14. The van der Waals surface area contributed by atoms with E-state index in [1.807, 2.05) is 0 Å². The van der Waals surface area contributed by atoms with Gasteiger partial charge in [-0.1, -0.05) is 0 Å². The topological polar surface area (TPSA) is 97.4 Å².